The summed E-state index contributed by atoms with van der Waals surface area (Å²) in [5.74, 6) is 0.800. The Morgan fingerprint density at radius 1 is 1.06 bits per heavy atom. The van der Waals surface area contributed by atoms with Crippen LogP contribution in [0, 0.1) is 0 Å². The molecule has 1 atom stereocenters. The van der Waals surface area contributed by atoms with Crippen LogP contribution < -0.4 is 14.8 Å². The lowest BCUT2D eigenvalue weighted by atomic mass is 9.99. The van der Waals surface area contributed by atoms with Crippen LogP contribution in [0.15, 0.2) is 36.4 Å². The molecule has 0 unspecified atom stereocenters. The molecular formula is C23H28NO7PS. The minimum absolute atomic E-state index is 0.0580. The van der Waals surface area contributed by atoms with E-state index in [1.807, 2.05) is 0 Å². The van der Waals surface area contributed by atoms with Crippen molar-refractivity contribution in [2.24, 2.45) is 0 Å². The van der Waals surface area contributed by atoms with Gasteiger partial charge in [-0.2, -0.15) is 0 Å². The molecule has 0 fully saturated rings. The van der Waals surface area contributed by atoms with Crippen molar-refractivity contribution in [2.45, 2.75) is 25.3 Å². The van der Waals surface area contributed by atoms with Gasteiger partial charge in [-0.25, -0.2) is 0 Å². The highest BCUT2D eigenvalue weighted by molar-refractivity contribution is 8.01. The van der Waals surface area contributed by atoms with E-state index in [0.717, 1.165) is 5.56 Å². The predicted molar refractivity (Wildman–Crippen MR) is 129 cm³/mol. The molecule has 0 radical (unpaired) electrons. The number of benzene rings is 2. The summed E-state index contributed by atoms with van der Waals surface area (Å²) < 4.78 is 34.1. The molecular weight excluding hydrogens is 465 g/mol. The van der Waals surface area contributed by atoms with E-state index in [1.54, 1.807) is 50.2 Å². The summed E-state index contributed by atoms with van der Waals surface area (Å²) in [5, 5.41) is 2.32. The highest BCUT2D eigenvalue weighted by Gasteiger charge is 2.33. The molecule has 178 valence electrons. The number of thioether (sulfide) groups is 1. The van der Waals surface area contributed by atoms with E-state index in [4.69, 9.17) is 18.5 Å². The van der Waals surface area contributed by atoms with Crippen LogP contribution in [0.4, 0.5) is 5.69 Å². The number of amides is 1. The number of carbonyl (C=O) groups excluding carboxylic acids is 2. The fourth-order valence-corrected chi connectivity index (χ4v) is 6.30. The van der Waals surface area contributed by atoms with Crippen molar-refractivity contribution in [3.05, 3.63) is 53.1 Å². The first kappa shape index (κ1) is 25.3. The highest BCUT2D eigenvalue weighted by Crippen LogP contribution is 2.51. The molecule has 0 saturated carbocycles. The van der Waals surface area contributed by atoms with Crippen molar-refractivity contribution in [3.8, 4) is 11.5 Å². The molecule has 1 heterocycles. The highest BCUT2D eigenvalue weighted by atomic mass is 32.2. The second kappa shape index (κ2) is 11.2. The summed E-state index contributed by atoms with van der Waals surface area (Å²) in [6, 6.07) is 10.3. The van der Waals surface area contributed by atoms with Crippen LogP contribution in [0.1, 0.15) is 40.6 Å². The molecule has 10 heteroatoms. The van der Waals surface area contributed by atoms with Crippen LogP contribution in [-0.2, 0) is 24.6 Å². The molecule has 1 amide bonds. The van der Waals surface area contributed by atoms with Crippen molar-refractivity contribution in [2.75, 3.05) is 38.5 Å². The average molecular weight is 494 g/mol. The minimum Gasteiger partial charge on any atom is -0.493 e. The third-order valence-corrected chi connectivity index (χ3v) is 8.29. The van der Waals surface area contributed by atoms with Crippen molar-refractivity contribution < 1.29 is 32.7 Å². The molecule has 8 nitrogen and oxygen atoms in total. The first-order chi connectivity index (χ1) is 15.8. The lowest BCUT2D eigenvalue weighted by Gasteiger charge is -2.25. The van der Waals surface area contributed by atoms with Crippen LogP contribution in [0.25, 0.3) is 0 Å². The molecule has 0 aliphatic carbocycles. The second-order valence-electron chi connectivity index (χ2n) is 7.20. The van der Waals surface area contributed by atoms with E-state index in [2.05, 4.69) is 5.32 Å². The van der Waals surface area contributed by atoms with E-state index in [9.17, 15) is 14.2 Å². The quantitative estimate of drug-likeness (QED) is 0.458. The van der Waals surface area contributed by atoms with Crippen molar-refractivity contribution in [3.63, 3.8) is 0 Å². The number of nitrogens with one attached hydrogen (secondary N) is 1. The maximum atomic E-state index is 13.1. The Kier molecular flexibility index (Phi) is 8.59. The fraction of sp³-hybridized carbons (Fsp3) is 0.391. The zero-order chi connectivity index (χ0) is 24.0. The molecule has 1 aliphatic heterocycles. The van der Waals surface area contributed by atoms with E-state index < -0.39 is 12.8 Å². The van der Waals surface area contributed by atoms with E-state index in [-0.39, 0.29) is 23.6 Å². The normalized spacial score (nSPS) is 15.6. The molecule has 2 aromatic carbocycles. The number of Topliss-reactive ketones (excluding diaryl/α,β-unsaturated/α-hetero) is 1. The van der Waals surface area contributed by atoms with E-state index in [1.165, 1.54) is 26.0 Å². The number of carbonyl (C=O) groups is 2. The van der Waals surface area contributed by atoms with E-state index >= 15 is 0 Å². The predicted octanol–water partition coefficient (Wildman–Crippen LogP) is 5.08. The van der Waals surface area contributed by atoms with Gasteiger partial charge in [0.2, 0.25) is 5.91 Å². The minimum atomic E-state index is -3.21. The van der Waals surface area contributed by atoms with Gasteiger partial charge in [0.15, 0.2) is 17.3 Å². The molecule has 3 rings (SSSR count). The van der Waals surface area contributed by atoms with Crippen LogP contribution in [0.2, 0.25) is 0 Å². The monoisotopic (exact) mass is 493 g/mol. The van der Waals surface area contributed by atoms with Crippen LogP contribution in [0.5, 0.6) is 11.5 Å². The SMILES string of the molecule is CCOP(=O)(Cc1ccc(NC(=O)[C@@H]2SCC(=O)c3cc(OC)c(OC)cc32)cc1)OCC. The Morgan fingerprint density at radius 3 is 2.24 bits per heavy atom. The van der Waals surface area contributed by atoms with E-state index in [0.29, 0.717) is 41.5 Å². The molecule has 33 heavy (non-hydrogen) atoms. The molecule has 0 bridgehead atoms. The summed E-state index contributed by atoms with van der Waals surface area (Å²) >= 11 is 1.27. The molecule has 0 saturated heterocycles. The van der Waals surface area contributed by atoms with Gasteiger partial charge >= 0.3 is 7.60 Å². The number of hydrogen-bond donors (Lipinski definition) is 1. The summed E-state index contributed by atoms with van der Waals surface area (Å²) in [5.41, 5.74) is 2.42. The number of methoxy groups -OCH3 is 2. The molecule has 0 spiro atoms. The third kappa shape index (κ3) is 5.98. The lowest BCUT2D eigenvalue weighted by Crippen LogP contribution is -2.26. The Morgan fingerprint density at radius 2 is 1.67 bits per heavy atom. The lowest BCUT2D eigenvalue weighted by molar-refractivity contribution is -0.115. The zero-order valence-electron chi connectivity index (χ0n) is 19.1. The van der Waals surface area contributed by atoms with Crippen molar-refractivity contribution in [1.82, 2.24) is 0 Å². The Bertz CT molecular complexity index is 1050. The van der Waals surface area contributed by atoms with Gasteiger partial charge in [-0.3, -0.25) is 14.2 Å². The van der Waals surface area contributed by atoms with Gasteiger partial charge in [0.25, 0.3) is 0 Å². The van der Waals surface area contributed by atoms with Gasteiger partial charge in [-0.15, -0.1) is 11.8 Å². The van der Waals surface area contributed by atoms with Crippen LogP contribution in [-0.4, -0.2) is 44.9 Å². The zero-order valence-corrected chi connectivity index (χ0v) is 20.8. The Balaban J connectivity index is 1.76. The Hall–Kier alpha value is -2.32. The standard InChI is InChI=1S/C23H28NO7PS/c1-5-30-32(27,31-6-2)13-15-7-9-16(10-8-15)24-23(26)22-18-12-21(29-4)20(28-3)11-17(18)19(25)14-33-22/h7-12,22H,5-6,13-14H2,1-4H3,(H,24,26)/t22-/m1/s1. The maximum Gasteiger partial charge on any atom is 0.335 e. The number of ether oxygens (including phenoxy) is 2. The molecule has 0 aromatic heterocycles. The number of fused-ring (bicyclic) bond motifs is 1. The fourth-order valence-electron chi connectivity index (χ4n) is 3.54. The number of rotatable bonds is 10. The smallest absolute Gasteiger partial charge is 0.335 e. The second-order valence-corrected chi connectivity index (χ2v) is 10.3. The first-order valence-corrected chi connectivity index (χ1v) is 13.3. The van der Waals surface area contributed by atoms with Crippen LogP contribution >= 0.6 is 19.4 Å². The average Bonchev–Trinajstić information content (AvgIpc) is 2.80. The summed E-state index contributed by atoms with van der Waals surface area (Å²) in [6.07, 6.45) is 0.151. The summed E-state index contributed by atoms with van der Waals surface area (Å²) in [4.78, 5) is 25.5. The Labute approximate surface area is 197 Å². The summed E-state index contributed by atoms with van der Waals surface area (Å²) in [6.45, 7) is 4.13. The largest absolute Gasteiger partial charge is 0.493 e. The topological polar surface area (TPSA) is 100 Å². The third-order valence-electron chi connectivity index (χ3n) is 5.01. The molecule has 2 aromatic rings. The van der Waals surface area contributed by atoms with Crippen molar-refractivity contribution >= 4 is 36.7 Å². The van der Waals surface area contributed by atoms with Gasteiger partial charge in [0.1, 0.15) is 5.25 Å². The maximum absolute atomic E-state index is 13.1. The molecule has 1 N–H and O–H groups in total. The molecule has 1 aliphatic rings. The van der Waals surface area contributed by atoms with Gasteiger partial charge in [0, 0.05) is 11.3 Å². The van der Waals surface area contributed by atoms with Gasteiger partial charge < -0.3 is 23.8 Å². The van der Waals surface area contributed by atoms with Crippen LogP contribution in [0.3, 0.4) is 0 Å². The van der Waals surface area contributed by atoms with Gasteiger partial charge in [0.05, 0.1) is 39.3 Å². The summed E-state index contributed by atoms with van der Waals surface area (Å²) in [7, 11) is -0.197. The van der Waals surface area contributed by atoms with Crippen molar-refractivity contribution in [1.29, 1.82) is 0 Å². The number of anilines is 1. The van der Waals surface area contributed by atoms with Gasteiger partial charge in [-0.05, 0) is 49.2 Å². The number of hydrogen-bond acceptors (Lipinski definition) is 8. The number of ketones is 1. The first-order valence-electron chi connectivity index (χ1n) is 10.5. The van der Waals surface area contributed by atoms with Gasteiger partial charge in [-0.1, -0.05) is 12.1 Å².